The molecule has 0 radical (unpaired) electrons. The minimum atomic E-state index is 0.695. The van der Waals surface area contributed by atoms with Crippen LogP contribution in [0.1, 0.15) is 11.3 Å². The summed E-state index contributed by atoms with van der Waals surface area (Å²) in [7, 11) is 0. The Kier molecular flexibility index (Phi) is 4.61. The molecule has 0 bridgehead atoms. The van der Waals surface area contributed by atoms with Gasteiger partial charge >= 0.3 is 0 Å². The fourth-order valence-corrected chi connectivity index (χ4v) is 4.21. The van der Waals surface area contributed by atoms with Gasteiger partial charge in [0.25, 0.3) is 0 Å². The van der Waals surface area contributed by atoms with Crippen LogP contribution in [0.4, 0.5) is 10.8 Å². The number of nitrogens with one attached hydrogen (secondary N) is 1. The molecule has 1 N–H and O–H groups in total. The van der Waals surface area contributed by atoms with Crippen molar-refractivity contribution in [2.45, 2.75) is 17.0 Å². The monoisotopic (exact) mass is 387 g/mol. The number of nitrogens with zero attached hydrogens (tertiary/aromatic N) is 4. The number of aryl methyl sites for hydroxylation is 1. The van der Waals surface area contributed by atoms with E-state index in [1.807, 2.05) is 41.1 Å². The maximum absolute atomic E-state index is 6.00. The van der Waals surface area contributed by atoms with Crippen molar-refractivity contribution in [3.8, 4) is 0 Å². The first-order chi connectivity index (χ1) is 12.2. The maximum Gasteiger partial charge on any atom is 0.210 e. The molecule has 4 rings (SSSR count). The first-order valence-electron chi connectivity index (χ1n) is 7.59. The lowest BCUT2D eigenvalue weighted by molar-refractivity contribution is 1.01. The highest BCUT2D eigenvalue weighted by molar-refractivity contribution is 8.00. The van der Waals surface area contributed by atoms with Crippen molar-refractivity contribution >= 4 is 51.2 Å². The fraction of sp³-hybridized carbons (Fsp3) is 0.118. The smallest absolute Gasteiger partial charge is 0.210 e. The average molecular weight is 388 g/mol. The van der Waals surface area contributed by atoms with Gasteiger partial charge in [-0.25, -0.2) is 4.98 Å². The summed E-state index contributed by atoms with van der Waals surface area (Å²) >= 11 is 9.16. The molecule has 126 valence electrons. The van der Waals surface area contributed by atoms with E-state index in [9.17, 15) is 0 Å². The highest BCUT2D eigenvalue weighted by Crippen LogP contribution is 2.30. The van der Waals surface area contributed by atoms with E-state index in [0.29, 0.717) is 5.02 Å². The molecule has 0 saturated carbocycles. The number of imidazole rings is 1. The number of halogens is 1. The molecule has 0 aliphatic heterocycles. The van der Waals surface area contributed by atoms with Gasteiger partial charge in [0.15, 0.2) is 4.34 Å². The quantitative estimate of drug-likeness (QED) is 0.478. The van der Waals surface area contributed by atoms with Gasteiger partial charge in [0, 0.05) is 23.8 Å². The fourth-order valence-electron chi connectivity index (χ4n) is 2.39. The van der Waals surface area contributed by atoms with Gasteiger partial charge in [-0.05, 0) is 36.8 Å². The highest BCUT2D eigenvalue weighted by Gasteiger charge is 2.08. The molecule has 0 atom stereocenters. The van der Waals surface area contributed by atoms with Gasteiger partial charge in [-0.2, -0.15) is 0 Å². The van der Waals surface area contributed by atoms with Crippen LogP contribution < -0.4 is 5.32 Å². The molecule has 0 aliphatic rings. The lowest BCUT2D eigenvalue weighted by atomic mass is 10.2. The minimum Gasteiger partial charge on any atom is -0.330 e. The van der Waals surface area contributed by atoms with Crippen LogP contribution in [0.5, 0.6) is 0 Å². The van der Waals surface area contributed by atoms with Gasteiger partial charge in [-0.3, -0.25) is 0 Å². The predicted molar refractivity (Wildman–Crippen MR) is 104 cm³/mol. The number of rotatable bonds is 5. The molecule has 0 amide bonds. The van der Waals surface area contributed by atoms with E-state index in [0.717, 1.165) is 32.3 Å². The van der Waals surface area contributed by atoms with Crippen LogP contribution in [0.2, 0.25) is 5.02 Å². The lowest BCUT2D eigenvalue weighted by Gasteiger charge is -2.01. The Morgan fingerprint density at radius 1 is 1.20 bits per heavy atom. The lowest BCUT2D eigenvalue weighted by Crippen LogP contribution is -1.89. The standard InChI is InChI=1S/C17H14ClN5S2/c1-11-3-2-4-13(7-11)20-16-21-22-17(25-16)24-10-14-9-23-8-12(18)5-6-15(23)19-14/h2-9H,10H2,1H3,(H,20,21). The van der Waals surface area contributed by atoms with Crippen molar-refractivity contribution in [3.05, 3.63) is 65.1 Å². The van der Waals surface area contributed by atoms with E-state index in [2.05, 4.69) is 39.6 Å². The van der Waals surface area contributed by atoms with E-state index in [1.165, 1.54) is 16.9 Å². The van der Waals surface area contributed by atoms with E-state index < -0.39 is 0 Å². The Hall–Kier alpha value is -2.09. The third-order valence-electron chi connectivity index (χ3n) is 3.48. The minimum absolute atomic E-state index is 0.695. The zero-order valence-corrected chi connectivity index (χ0v) is 15.7. The molecular weight excluding hydrogens is 374 g/mol. The summed E-state index contributed by atoms with van der Waals surface area (Å²) in [5.41, 5.74) is 4.09. The van der Waals surface area contributed by atoms with Gasteiger partial charge < -0.3 is 9.72 Å². The number of pyridine rings is 1. The first-order valence-corrected chi connectivity index (χ1v) is 9.77. The van der Waals surface area contributed by atoms with E-state index >= 15 is 0 Å². The van der Waals surface area contributed by atoms with Crippen molar-refractivity contribution in [1.82, 2.24) is 19.6 Å². The number of thioether (sulfide) groups is 1. The Morgan fingerprint density at radius 2 is 2.12 bits per heavy atom. The summed E-state index contributed by atoms with van der Waals surface area (Å²) in [6.07, 6.45) is 3.84. The van der Waals surface area contributed by atoms with Crippen LogP contribution >= 0.6 is 34.7 Å². The van der Waals surface area contributed by atoms with Crippen LogP contribution in [0.25, 0.3) is 5.65 Å². The van der Waals surface area contributed by atoms with Crippen LogP contribution in [-0.2, 0) is 5.75 Å². The van der Waals surface area contributed by atoms with Crippen molar-refractivity contribution in [2.24, 2.45) is 0 Å². The SMILES string of the molecule is Cc1cccc(Nc2nnc(SCc3cn4cc(Cl)ccc4n3)s2)c1. The molecular formula is C17H14ClN5S2. The van der Waals surface area contributed by atoms with Gasteiger partial charge in [0.2, 0.25) is 5.13 Å². The summed E-state index contributed by atoms with van der Waals surface area (Å²) in [5, 5.41) is 13.2. The van der Waals surface area contributed by atoms with Gasteiger partial charge in [-0.1, -0.05) is 46.8 Å². The van der Waals surface area contributed by atoms with Crippen LogP contribution in [-0.4, -0.2) is 19.6 Å². The molecule has 0 unspecified atom stereocenters. The molecule has 8 heteroatoms. The average Bonchev–Trinajstić information content (AvgIpc) is 3.19. The number of hydrogen-bond donors (Lipinski definition) is 1. The van der Waals surface area contributed by atoms with E-state index in [-0.39, 0.29) is 0 Å². The Bertz CT molecular complexity index is 1030. The van der Waals surface area contributed by atoms with Crippen LogP contribution in [0.3, 0.4) is 0 Å². The number of fused-ring (bicyclic) bond motifs is 1. The second-order valence-corrected chi connectivity index (χ2v) is 8.14. The Morgan fingerprint density at radius 3 is 3.00 bits per heavy atom. The number of aromatic nitrogens is 4. The highest BCUT2D eigenvalue weighted by atomic mass is 35.5. The summed E-state index contributed by atoms with van der Waals surface area (Å²) in [4.78, 5) is 4.58. The summed E-state index contributed by atoms with van der Waals surface area (Å²) < 4.78 is 2.84. The number of benzene rings is 1. The summed E-state index contributed by atoms with van der Waals surface area (Å²) in [6.45, 7) is 2.06. The van der Waals surface area contributed by atoms with E-state index in [4.69, 9.17) is 11.6 Å². The second kappa shape index (κ2) is 7.03. The molecule has 1 aromatic carbocycles. The Labute approximate surface area is 158 Å². The topological polar surface area (TPSA) is 55.1 Å². The predicted octanol–water partition coefficient (Wildman–Crippen LogP) is 5.18. The van der Waals surface area contributed by atoms with Crippen molar-refractivity contribution < 1.29 is 0 Å². The molecule has 5 nitrogen and oxygen atoms in total. The molecule has 0 saturated heterocycles. The van der Waals surface area contributed by atoms with Crippen LogP contribution in [0, 0.1) is 6.92 Å². The van der Waals surface area contributed by atoms with Crippen LogP contribution in [0.15, 0.2) is 53.1 Å². The normalized spacial score (nSPS) is 11.1. The molecule has 0 aliphatic carbocycles. The second-order valence-electron chi connectivity index (χ2n) is 5.50. The Balaban J connectivity index is 1.42. The molecule has 0 fully saturated rings. The zero-order valence-electron chi connectivity index (χ0n) is 13.3. The van der Waals surface area contributed by atoms with Crippen molar-refractivity contribution in [3.63, 3.8) is 0 Å². The molecule has 0 spiro atoms. The molecule has 4 aromatic rings. The maximum atomic E-state index is 6.00. The number of anilines is 2. The first kappa shape index (κ1) is 16.4. The van der Waals surface area contributed by atoms with Crippen molar-refractivity contribution in [1.29, 1.82) is 0 Å². The van der Waals surface area contributed by atoms with Gasteiger partial charge in [0.1, 0.15) is 5.65 Å². The van der Waals surface area contributed by atoms with Gasteiger partial charge in [0.05, 0.1) is 10.7 Å². The summed E-state index contributed by atoms with van der Waals surface area (Å²) in [6, 6.07) is 11.9. The van der Waals surface area contributed by atoms with Gasteiger partial charge in [-0.15, -0.1) is 10.2 Å². The third-order valence-corrected chi connectivity index (χ3v) is 5.71. The molecule has 3 aromatic heterocycles. The third kappa shape index (κ3) is 3.95. The number of hydrogen-bond acceptors (Lipinski definition) is 6. The largest absolute Gasteiger partial charge is 0.330 e. The van der Waals surface area contributed by atoms with Crippen molar-refractivity contribution in [2.75, 3.05) is 5.32 Å². The molecule has 25 heavy (non-hydrogen) atoms. The summed E-state index contributed by atoms with van der Waals surface area (Å²) in [5.74, 6) is 0.735. The zero-order chi connectivity index (χ0) is 17.2. The molecule has 3 heterocycles. The van der Waals surface area contributed by atoms with E-state index in [1.54, 1.807) is 11.8 Å².